The average Bonchev–Trinajstić information content (AvgIpc) is 2.77. The van der Waals surface area contributed by atoms with Gasteiger partial charge in [-0.15, -0.1) is 0 Å². The van der Waals surface area contributed by atoms with Crippen LogP contribution >= 0.6 is 46.1 Å². The number of halogens is 3. The van der Waals surface area contributed by atoms with Crippen LogP contribution in [0.15, 0.2) is 12.1 Å². The number of thiazole rings is 1. The maximum atomic E-state index is 11.1. The lowest BCUT2D eigenvalue weighted by molar-refractivity contribution is 0.0701. The number of carboxylic acid groups (broad SMARTS) is 1. The van der Waals surface area contributed by atoms with Crippen molar-refractivity contribution in [2.24, 2.45) is 0 Å². The molecule has 106 valence electrons. The van der Waals surface area contributed by atoms with Crippen LogP contribution in [0.1, 0.15) is 22.3 Å². The van der Waals surface area contributed by atoms with Crippen molar-refractivity contribution in [1.29, 1.82) is 0 Å². The number of hydrogen-bond donors (Lipinski definition) is 2. The van der Waals surface area contributed by atoms with Gasteiger partial charge in [0.25, 0.3) is 0 Å². The van der Waals surface area contributed by atoms with Crippen LogP contribution in [-0.4, -0.2) is 16.1 Å². The van der Waals surface area contributed by atoms with E-state index in [4.69, 9.17) is 39.9 Å². The first-order valence-electron chi connectivity index (χ1n) is 5.57. The molecule has 0 amide bonds. The van der Waals surface area contributed by atoms with E-state index in [-0.39, 0.29) is 4.88 Å². The molecule has 1 aromatic carbocycles. The summed E-state index contributed by atoms with van der Waals surface area (Å²) in [5, 5.41) is 13.6. The van der Waals surface area contributed by atoms with Gasteiger partial charge in [-0.3, -0.25) is 0 Å². The number of aryl methyl sites for hydroxylation is 1. The molecule has 2 aromatic rings. The summed E-state index contributed by atoms with van der Waals surface area (Å²) < 4.78 is 0. The maximum absolute atomic E-state index is 11.1. The van der Waals surface area contributed by atoms with Crippen LogP contribution < -0.4 is 5.32 Å². The van der Waals surface area contributed by atoms with E-state index in [9.17, 15) is 4.79 Å². The fourth-order valence-corrected chi connectivity index (χ4v) is 3.39. The summed E-state index contributed by atoms with van der Waals surface area (Å²) in [5.41, 5.74) is 0.970. The van der Waals surface area contributed by atoms with Crippen molar-refractivity contribution in [3.63, 3.8) is 0 Å². The lowest BCUT2D eigenvalue weighted by atomic mass is 10.3. The lowest BCUT2D eigenvalue weighted by Crippen LogP contribution is -1.97. The molecule has 0 saturated heterocycles. The van der Waals surface area contributed by atoms with Crippen LogP contribution in [0, 0.1) is 0 Å². The van der Waals surface area contributed by atoms with Crippen LogP contribution in [0.25, 0.3) is 0 Å². The Morgan fingerprint density at radius 1 is 1.35 bits per heavy atom. The summed E-state index contributed by atoms with van der Waals surface area (Å²) in [5.74, 6) is -0.999. The Kier molecular flexibility index (Phi) is 4.75. The molecule has 0 unspecified atom stereocenters. The van der Waals surface area contributed by atoms with Gasteiger partial charge < -0.3 is 10.4 Å². The molecule has 0 aliphatic rings. The molecule has 1 aromatic heterocycles. The van der Waals surface area contributed by atoms with E-state index in [1.807, 2.05) is 6.92 Å². The minimum Gasteiger partial charge on any atom is -0.477 e. The van der Waals surface area contributed by atoms with Crippen molar-refractivity contribution in [3.05, 3.63) is 37.8 Å². The predicted octanol–water partition coefficient (Wildman–Crippen LogP) is 5.11. The van der Waals surface area contributed by atoms with Crippen LogP contribution in [0.2, 0.25) is 15.1 Å². The second-order valence-corrected chi connectivity index (χ2v) is 6.07. The molecule has 0 spiro atoms. The van der Waals surface area contributed by atoms with Crippen LogP contribution in [0.4, 0.5) is 10.8 Å². The smallest absolute Gasteiger partial charge is 0.347 e. The minimum atomic E-state index is -0.999. The molecule has 2 rings (SSSR count). The van der Waals surface area contributed by atoms with Crippen molar-refractivity contribution in [2.75, 3.05) is 5.32 Å². The van der Waals surface area contributed by atoms with E-state index in [2.05, 4.69) is 10.3 Å². The van der Waals surface area contributed by atoms with Gasteiger partial charge in [-0.25, -0.2) is 9.78 Å². The van der Waals surface area contributed by atoms with E-state index >= 15 is 0 Å². The van der Waals surface area contributed by atoms with Gasteiger partial charge in [0.2, 0.25) is 0 Å². The van der Waals surface area contributed by atoms with Gasteiger partial charge in [-0.2, -0.15) is 0 Å². The van der Waals surface area contributed by atoms with Crippen molar-refractivity contribution in [1.82, 2.24) is 4.98 Å². The molecule has 0 aliphatic heterocycles. The average molecular weight is 352 g/mol. The third kappa shape index (κ3) is 3.17. The highest BCUT2D eigenvalue weighted by molar-refractivity contribution is 7.17. The van der Waals surface area contributed by atoms with Gasteiger partial charge in [-0.05, 0) is 18.6 Å². The summed E-state index contributed by atoms with van der Waals surface area (Å²) in [6.07, 6.45) is 0.530. The maximum Gasteiger partial charge on any atom is 0.347 e. The fraction of sp³-hybridized carbons (Fsp3) is 0.167. The number of benzene rings is 1. The second-order valence-electron chi connectivity index (χ2n) is 3.82. The quantitative estimate of drug-likeness (QED) is 0.803. The highest BCUT2D eigenvalue weighted by atomic mass is 35.5. The molecule has 2 N–H and O–H groups in total. The van der Waals surface area contributed by atoms with Crippen molar-refractivity contribution >= 4 is 62.9 Å². The van der Waals surface area contributed by atoms with E-state index in [0.717, 1.165) is 11.3 Å². The number of anilines is 2. The molecule has 1 heterocycles. The predicted molar refractivity (Wildman–Crippen MR) is 83.2 cm³/mol. The lowest BCUT2D eigenvalue weighted by Gasteiger charge is -2.08. The highest BCUT2D eigenvalue weighted by Gasteiger charge is 2.17. The molecule has 0 fully saturated rings. The first-order valence-corrected chi connectivity index (χ1v) is 7.52. The number of nitrogens with one attached hydrogen (secondary N) is 1. The molecule has 0 saturated carbocycles. The van der Waals surface area contributed by atoms with Crippen LogP contribution in [0.3, 0.4) is 0 Å². The van der Waals surface area contributed by atoms with Crippen molar-refractivity contribution < 1.29 is 9.90 Å². The Balaban J connectivity index is 2.38. The van der Waals surface area contributed by atoms with Crippen LogP contribution in [0.5, 0.6) is 0 Å². The molecular formula is C12H9Cl3N2O2S. The van der Waals surface area contributed by atoms with E-state index < -0.39 is 5.97 Å². The Morgan fingerprint density at radius 3 is 2.40 bits per heavy atom. The molecular weight excluding hydrogens is 343 g/mol. The van der Waals surface area contributed by atoms with Gasteiger partial charge >= 0.3 is 5.97 Å². The second kappa shape index (κ2) is 6.18. The summed E-state index contributed by atoms with van der Waals surface area (Å²) >= 11 is 19.0. The molecule has 0 aliphatic carbocycles. The summed E-state index contributed by atoms with van der Waals surface area (Å²) in [4.78, 5) is 15.5. The monoisotopic (exact) mass is 350 g/mol. The Labute approximate surface area is 134 Å². The summed E-state index contributed by atoms with van der Waals surface area (Å²) in [7, 11) is 0. The minimum absolute atomic E-state index is 0.205. The SMILES string of the molecule is CCc1nc(Nc2c(Cl)cc(Cl)cc2Cl)sc1C(=O)O. The number of carbonyl (C=O) groups is 1. The largest absolute Gasteiger partial charge is 0.477 e. The molecule has 0 bridgehead atoms. The summed E-state index contributed by atoms with van der Waals surface area (Å²) in [6.45, 7) is 1.84. The Bertz CT molecular complexity index is 650. The molecule has 0 radical (unpaired) electrons. The fourth-order valence-electron chi connectivity index (χ4n) is 1.58. The third-order valence-electron chi connectivity index (χ3n) is 2.47. The van der Waals surface area contributed by atoms with Gasteiger partial charge in [0, 0.05) is 5.02 Å². The topological polar surface area (TPSA) is 62.2 Å². The van der Waals surface area contributed by atoms with Gasteiger partial charge in [-0.1, -0.05) is 53.1 Å². The van der Waals surface area contributed by atoms with E-state index in [1.165, 1.54) is 0 Å². The zero-order chi connectivity index (χ0) is 14.9. The normalized spacial score (nSPS) is 10.6. The zero-order valence-corrected chi connectivity index (χ0v) is 13.3. The van der Waals surface area contributed by atoms with E-state index in [0.29, 0.717) is 38.0 Å². The number of nitrogens with zero attached hydrogens (tertiary/aromatic N) is 1. The van der Waals surface area contributed by atoms with Gasteiger partial charge in [0.1, 0.15) is 4.88 Å². The zero-order valence-electron chi connectivity index (χ0n) is 10.2. The third-order valence-corrected chi connectivity index (χ3v) is 4.28. The first-order chi connectivity index (χ1) is 9.42. The number of aromatic carboxylic acids is 1. The van der Waals surface area contributed by atoms with Gasteiger partial charge in [0.05, 0.1) is 21.4 Å². The number of hydrogen-bond acceptors (Lipinski definition) is 4. The van der Waals surface area contributed by atoms with Crippen LogP contribution in [-0.2, 0) is 6.42 Å². The van der Waals surface area contributed by atoms with Gasteiger partial charge in [0.15, 0.2) is 5.13 Å². The number of aromatic nitrogens is 1. The molecule has 20 heavy (non-hydrogen) atoms. The number of rotatable bonds is 4. The molecule has 0 atom stereocenters. The Morgan fingerprint density at radius 2 is 1.95 bits per heavy atom. The van der Waals surface area contributed by atoms with Crippen molar-refractivity contribution in [3.8, 4) is 0 Å². The molecule has 4 nitrogen and oxygen atoms in total. The van der Waals surface area contributed by atoms with E-state index in [1.54, 1.807) is 12.1 Å². The standard InChI is InChI=1S/C12H9Cl3N2O2S/c1-2-8-10(11(18)19)20-12(16-8)17-9-6(14)3-5(13)4-7(9)15/h3-4H,2H2,1H3,(H,16,17)(H,18,19). The first kappa shape index (κ1) is 15.4. The number of carboxylic acids is 1. The van der Waals surface area contributed by atoms with Crippen molar-refractivity contribution in [2.45, 2.75) is 13.3 Å². The summed E-state index contributed by atoms with van der Waals surface area (Å²) in [6, 6.07) is 3.09. The highest BCUT2D eigenvalue weighted by Crippen LogP contribution is 2.37. The molecule has 8 heteroatoms. The Hall–Kier alpha value is -1.01.